The molecule has 0 bridgehead atoms. The van der Waals surface area contributed by atoms with E-state index in [1.807, 2.05) is 66.5 Å². The summed E-state index contributed by atoms with van der Waals surface area (Å²) in [5, 5.41) is 18.6. The Balaban J connectivity index is 1.58. The summed E-state index contributed by atoms with van der Waals surface area (Å²) >= 11 is 0. The Bertz CT molecular complexity index is 1160. The molecule has 144 valence electrons. The van der Waals surface area contributed by atoms with Gasteiger partial charge in [0, 0.05) is 30.9 Å². The lowest BCUT2D eigenvalue weighted by molar-refractivity contribution is 0.304. The van der Waals surface area contributed by atoms with Gasteiger partial charge in [0.25, 0.3) is 0 Å². The molecule has 0 aliphatic carbocycles. The lowest BCUT2D eigenvalue weighted by Gasteiger charge is -2.17. The molecular formula is C23H19N3O3. The molecule has 2 heterocycles. The molecule has 0 unspecified atom stereocenters. The molecule has 6 nitrogen and oxygen atoms in total. The molecule has 0 aliphatic rings. The Morgan fingerprint density at radius 3 is 2.62 bits per heavy atom. The molecule has 6 heteroatoms. The Morgan fingerprint density at radius 1 is 1.10 bits per heavy atom. The van der Waals surface area contributed by atoms with Crippen LogP contribution in [0, 0.1) is 11.3 Å². The van der Waals surface area contributed by atoms with Crippen LogP contribution in [0.3, 0.4) is 0 Å². The summed E-state index contributed by atoms with van der Waals surface area (Å²) in [6.45, 7) is 0.676. The van der Waals surface area contributed by atoms with Crippen molar-refractivity contribution >= 4 is 28.4 Å². The van der Waals surface area contributed by atoms with Crippen molar-refractivity contribution in [3.8, 4) is 17.4 Å². The average molecular weight is 385 g/mol. The SMILES string of the molecule is CN(CCO)c1ccc(-c2ccc(/C=C(\C#N)c3nc4ccccc4o3)o2)cc1. The number of nitrogens with zero attached hydrogens (tertiary/aromatic N) is 3. The predicted octanol–water partition coefficient (Wildman–Crippen LogP) is 4.58. The molecule has 4 rings (SSSR count). The number of para-hydroxylation sites is 2. The van der Waals surface area contributed by atoms with Crippen molar-refractivity contribution < 1.29 is 13.9 Å². The maximum absolute atomic E-state index is 9.53. The molecule has 0 radical (unpaired) electrons. The first-order valence-electron chi connectivity index (χ1n) is 9.18. The Morgan fingerprint density at radius 2 is 1.90 bits per heavy atom. The number of furan rings is 1. The van der Waals surface area contributed by atoms with Crippen molar-refractivity contribution in [3.05, 3.63) is 72.3 Å². The molecule has 2 aromatic heterocycles. The maximum Gasteiger partial charge on any atom is 0.238 e. The highest BCUT2D eigenvalue weighted by atomic mass is 16.4. The number of aliphatic hydroxyl groups excluding tert-OH is 1. The number of benzene rings is 2. The third kappa shape index (κ3) is 3.91. The molecular weight excluding hydrogens is 366 g/mol. The lowest BCUT2D eigenvalue weighted by Crippen LogP contribution is -2.20. The molecule has 0 atom stereocenters. The lowest BCUT2D eigenvalue weighted by atomic mass is 10.1. The van der Waals surface area contributed by atoms with Gasteiger partial charge < -0.3 is 18.8 Å². The zero-order chi connectivity index (χ0) is 20.2. The molecule has 4 aromatic rings. The zero-order valence-corrected chi connectivity index (χ0v) is 15.9. The fourth-order valence-electron chi connectivity index (χ4n) is 3.02. The molecule has 0 aliphatic heterocycles. The van der Waals surface area contributed by atoms with Gasteiger partial charge in [-0.25, -0.2) is 4.98 Å². The summed E-state index contributed by atoms with van der Waals surface area (Å²) in [4.78, 5) is 6.34. The van der Waals surface area contributed by atoms with E-state index in [0.29, 0.717) is 34.7 Å². The number of allylic oxidation sites excluding steroid dienone is 1. The van der Waals surface area contributed by atoms with Crippen LogP contribution in [0.5, 0.6) is 0 Å². The number of anilines is 1. The van der Waals surface area contributed by atoms with Crippen LogP contribution in [0.25, 0.3) is 34.1 Å². The summed E-state index contributed by atoms with van der Waals surface area (Å²) < 4.78 is 11.6. The maximum atomic E-state index is 9.53. The topological polar surface area (TPSA) is 86.4 Å². The van der Waals surface area contributed by atoms with Gasteiger partial charge in [0.05, 0.1) is 6.61 Å². The van der Waals surface area contributed by atoms with Crippen molar-refractivity contribution in [1.82, 2.24) is 4.98 Å². The van der Waals surface area contributed by atoms with E-state index in [0.717, 1.165) is 11.3 Å². The predicted molar refractivity (Wildman–Crippen MR) is 112 cm³/mol. The number of oxazole rings is 1. The average Bonchev–Trinajstić information content (AvgIpc) is 3.39. The van der Waals surface area contributed by atoms with E-state index in [1.165, 1.54) is 0 Å². The van der Waals surface area contributed by atoms with E-state index >= 15 is 0 Å². The number of hydrogen-bond acceptors (Lipinski definition) is 6. The number of aromatic nitrogens is 1. The second-order valence-electron chi connectivity index (χ2n) is 6.55. The van der Waals surface area contributed by atoms with Gasteiger partial charge in [-0.15, -0.1) is 0 Å². The molecule has 0 fully saturated rings. The van der Waals surface area contributed by atoms with E-state index in [-0.39, 0.29) is 12.5 Å². The normalized spacial score (nSPS) is 11.6. The van der Waals surface area contributed by atoms with E-state index in [9.17, 15) is 5.26 Å². The molecule has 0 saturated carbocycles. The number of hydrogen-bond donors (Lipinski definition) is 1. The first-order valence-corrected chi connectivity index (χ1v) is 9.18. The van der Waals surface area contributed by atoms with Gasteiger partial charge >= 0.3 is 0 Å². The van der Waals surface area contributed by atoms with Gasteiger partial charge in [0.2, 0.25) is 5.89 Å². The number of rotatable bonds is 6. The van der Waals surface area contributed by atoms with Crippen LogP contribution in [0.4, 0.5) is 5.69 Å². The largest absolute Gasteiger partial charge is 0.457 e. The van der Waals surface area contributed by atoms with Gasteiger partial charge in [-0.05, 0) is 48.5 Å². The first kappa shape index (κ1) is 18.5. The van der Waals surface area contributed by atoms with Crippen LogP contribution in [-0.2, 0) is 0 Å². The van der Waals surface area contributed by atoms with Crippen LogP contribution in [0.15, 0.2) is 69.5 Å². The number of likely N-dealkylation sites (N-methyl/N-ethyl adjacent to an activating group) is 1. The van der Waals surface area contributed by atoms with Crippen LogP contribution < -0.4 is 4.90 Å². The number of aliphatic hydroxyl groups is 1. The van der Waals surface area contributed by atoms with Gasteiger partial charge in [-0.1, -0.05) is 12.1 Å². The third-order valence-corrected chi connectivity index (χ3v) is 4.59. The number of nitriles is 1. The summed E-state index contributed by atoms with van der Waals surface area (Å²) in [6, 6.07) is 21.0. The second kappa shape index (κ2) is 8.05. The van der Waals surface area contributed by atoms with Crippen LogP contribution in [-0.4, -0.2) is 30.3 Å². The molecule has 0 amide bonds. The van der Waals surface area contributed by atoms with Gasteiger partial charge in [-0.2, -0.15) is 5.26 Å². The van der Waals surface area contributed by atoms with E-state index in [1.54, 1.807) is 12.1 Å². The van der Waals surface area contributed by atoms with Crippen molar-refractivity contribution in [2.45, 2.75) is 0 Å². The van der Waals surface area contributed by atoms with Crippen molar-refractivity contribution in [2.24, 2.45) is 0 Å². The summed E-state index contributed by atoms with van der Waals surface area (Å²) in [5.41, 5.74) is 3.57. The van der Waals surface area contributed by atoms with Gasteiger partial charge in [-0.3, -0.25) is 0 Å². The standard InChI is InChI=1S/C23H19N3O3/c1-26(12-13-27)18-8-6-16(7-9-18)21-11-10-19(28-21)14-17(15-24)23-25-20-4-2-3-5-22(20)29-23/h2-11,14,27H,12-13H2,1H3/b17-14+. The summed E-state index contributed by atoms with van der Waals surface area (Å²) in [7, 11) is 1.93. The van der Waals surface area contributed by atoms with Gasteiger partial charge in [0.15, 0.2) is 5.58 Å². The molecule has 29 heavy (non-hydrogen) atoms. The smallest absolute Gasteiger partial charge is 0.238 e. The number of fused-ring (bicyclic) bond motifs is 1. The first-order chi connectivity index (χ1) is 14.2. The highest BCUT2D eigenvalue weighted by Gasteiger charge is 2.12. The van der Waals surface area contributed by atoms with E-state index < -0.39 is 0 Å². The minimum absolute atomic E-state index is 0.105. The van der Waals surface area contributed by atoms with Crippen molar-refractivity contribution in [1.29, 1.82) is 5.26 Å². The Kier molecular flexibility index (Phi) is 5.14. The van der Waals surface area contributed by atoms with Gasteiger partial charge in [0.1, 0.15) is 28.7 Å². The van der Waals surface area contributed by atoms with E-state index in [2.05, 4.69) is 11.1 Å². The Hall–Kier alpha value is -3.82. The van der Waals surface area contributed by atoms with Crippen LogP contribution >= 0.6 is 0 Å². The van der Waals surface area contributed by atoms with Crippen LogP contribution in [0.2, 0.25) is 0 Å². The van der Waals surface area contributed by atoms with Crippen LogP contribution in [0.1, 0.15) is 11.7 Å². The summed E-state index contributed by atoms with van der Waals surface area (Å²) in [5.74, 6) is 1.51. The monoisotopic (exact) mass is 385 g/mol. The minimum Gasteiger partial charge on any atom is -0.457 e. The quantitative estimate of drug-likeness (QED) is 0.489. The minimum atomic E-state index is 0.105. The molecule has 1 N–H and O–H groups in total. The molecule has 0 saturated heterocycles. The zero-order valence-electron chi connectivity index (χ0n) is 15.9. The fraction of sp³-hybridized carbons (Fsp3) is 0.130. The van der Waals surface area contributed by atoms with E-state index in [4.69, 9.17) is 13.9 Å². The second-order valence-corrected chi connectivity index (χ2v) is 6.55. The fourth-order valence-corrected chi connectivity index (χ4v) is 3.02. The summed E-state index contributed by atoms with van der Waals surface area (Å²) in [6.07, 6.45) is 1.62. The highest BCUT2D eigenvalue weighted by Crippen LogP contribution is 2.27. The molecule has 2 aromatic carbocycles. The van der Waals surface area contributed by atoms with Crippen molar-refractivity contribution in [2.75, 3.05) is 25.1 Å². The molecule has 0 spiro atoms. The highest BCUT2D eigenvalue weighted by molar-refractivity contribution is 5.88. The third-order valence-electron chi connectivity index (χ3n) is 4.59. The van der Waals surface area contributed by atoms with Crippen molar-refractivity contribution in [3.63, 3.8) is 0 Å². The Labute approximate surface area is 167 Å².